The molecule has 1 fully saturated rings. The van der Waals surface area contributed by atoms with Crippen LogP contribution in [0.4, 0.5) is 5.82 Å². The number of halogens is 1. The zero-order valence-electron chi connectivity index (χ0n) is 14.9. The van der Waals surface area contributed by atoms with Crippen LogP contribution in [0.25, 0.3) is 10.6 Å². The molecule has 1 heterocycles. The highest BCUT2D eigenvalue weighted by molar-refractivity contribution is 7.17. The molecule has 3 rings (SSSR count). The van der Waals surface area contributed by atoms with E-state index in [1.165, 1.54) is 37.0 Å². The van der Waals surface area contributed by atoms with Crippen LogP contribution in [0.2, 0.25) is 5.02 Å². The van der Waals surface area contributed by atoms with Crippen LogP contribution in [0.15, 0.2) is 24.3 Å². The number of anilines is 1. The van der Waals surface area contributed by atoms with E-state index in [2.05, 4.69) is 15.6 Å². The summed E-state index contributed by atoms with van der Waals surface area (Å²) in [5.74, 6) is 0.253. The van der Waals surface area contributed by atoms with Gasteiger partial charge in [0.2, 0.25) is 0 Å². The zero-order chi connectivity index (χ0) is 18.4. The van der Waals surface area contributed by atoms with Crippen LogP contribution in [0.1, 0.15) is 42.3 Å². The van der Waals surface area contributed by atoms with Crippen LogP contribution < -0.4 is 10.6 Å². The van der Waals surface area contributed by atoms with Crippen LogP contribution in [0.3, 0.4) is 0 Å². The van der Waals surface area contributed by atoms with Gasteiger partial charge in [0.05, 0.1) is 6.61 Å². The van der Waals surface area contributed by atoms with Gasteiger partial charge in [-0.1, -0.05) is 36.6 Å². The summed E-state index contributed by atoms with van der Waals surface area (Å²) in [7, 11) is 0. The predicted octanol–water partition coefficient (Wildman–Crippen LogP) is 4.58. The number of carbonyl (C=O) groups is 1. The minimum absolute atomic E-state index is 0.337. The molecule has 2 N–H and O–H groups in total. The fourth-order valence-electron chi connectivity index (χ4n) is 3.08. The normalized spacial score (nSPS) is 14.5. The Morgan fingerprint density at radius 1 is 1.27 bits per heavy atom. The molecule has 140 valence electrons. The molecular formula is C19H24ClN3O2S. The van der Waals surface area contributed by atoms with Crippen molar-refractivity contribution in [3.05, 3.63) is 34.2 Å². The third-order valence-corrected chi connectivity index (χ3v) is 5.72. The van der Waals surface area contributed by atoms with Gasteiger partial charge >= 0.3 is 5.97 Å². The Labute approximate surface area is 163 Å². The number of esters is 1. The Kier molecular flexibility index (Phi) is 6.88. The summed E-state index contributed by atoms with van der Waals surface area (Å²) in [6.07, 6.45) is 5.14. The van der Waals surface area contributed by atoms with E-state index < -0.39 is 0 Å². The fraction of sp³-hybridized carbons (Fsp3) is 0.474. The SMILES string of the molecule is CCOC(=O)c1sc(-c2ccc(Cl)cc2)nc1NCCNC1CCCC1. The van der Waals surface area contributed by atoms with Gasteiger partial charge in [0.25, 0.3) is 0 Å². The highest BCUT2D eigenvalue weighted by Gasteiger charge is 2.20. The van der Waals surface area contributed by atoms with Gasteiger partial charge in [0.1, 0.15) is 5.01 Å². The predicted molar refractivity (Wildman–Crippen MR) is 107 cm³/mol. The molecule has 0 unspecified atom stereocenters. The molecule has 2 aromatic rings. The Hall–Kier alpha value is -1.63. The molecule has 0 saturated heterocycles. The molecule has 1 aromatic carbocycles. The lowest BCUT2D eigenvalue weighted by molar-refractivity contribution is 0.0533. The number of thiazole rings is 1. The second kappa shape index (κ2) is 9.35. The summed E-state index contributed by atoms with van der Waals surface area (Å²) in [6.45, 7) is 3.71. The molecule has 0 amide bonds. The molecule has 7 heteroatoms. The largest absolute Gasteiger partial charge is 0.462 e. The van der Waals surface area contributed by atoms with Crippen molar-refractivity contribution in [1.82, 2.24) is 10.3 Å². The van der Waals surface area contributed by atoms with Gasteiger partial charge in [-0.2, -0.15) is 0 Å². The Bertz CT molecular complexity index is 727. The molecule has 1 saturated carbocycles. The Morgan fingerprint density at radius 3 is 2.69 bits per heavy atom. The van der Waals surface area contributed by atoms with E-state index in [0.29, 0.717) is 34.9 Å². The maximum absolute atomic E-state index is 12.3. The summed E-state index contributed by atoms with van der Waals surface area (Å²) < 4.78 is 5.18. The molecule has 0 radical (unpaired) electrons. The monoisotopic (exact) mass is 393 g/mol. The van der Waals surface area contributed by atoms with E-state index in [1.807, 2.05) is 24.3 Å². The molecule has 0 aliphatic heterocycles. The van der Waals surface area contributed by atoms with Crippen molar-refractivity contribution in [1.29, 1.82) is 0 Å². The van der Waals surface area contributed by atoms with Crippen molar-refractivity contribution in [3.63, 3.8) is 0 Å². The van der Waals surface area contributed by atoms with Crippen LogP contribution in [-0.2, 0) is 4.74 Å². The molecule has 1 aliphatic rings. The lowest BCUT2D eigenvalue weighted by atomic mass is 10.2. The molecule has 26 heavy (non-hydrogen) atoms. The van der Waals surface area contributed by atoms with Crippen molar-refractivity contribution in [3.8, 4) is 10.6 Å². The Balaban J connectivity index is 1.69. The molecule has 0 bridgehead atoms. The standard InChI is InChI=1S/C19H24ClN3O2S/c1-2-25-19(24)16-17(22-12-11-21-15-5-3-4-6-15)23-18(26-16)13-7-9-14(20)10-8-13/h7-10,15,21-22H,2-6,11-12H2,1H3. The van der Waals surface area contributed by atoms with Gasteiger partial charge in [-0.3, -0.25) is 0 Å². The minimum atomic E-state index is -0.337. The van der Waals surface area contributed by atoms with Crippen LogP contribution in [0.5, 0.6) is 0 Å². The van der Waals surface area contributed by atoms with E-state index in [4.69, 9.17) is 16.3 Å². The van der Waals surface area contributed by atoms with Gasteiger partial charge in [-0.25, -0.2) is 9.78 Å². The summed E-state index contributed by atoms with van der Waals surface area (Å²) >= 11 is 7.29. The topological polar surface area (TPSA) is 63.2 Å². The van der Waals surface area contributed by atoms with E-state index in [9.17, 15) is 4.79 Å². The highest BCUT2D eigenvalue weighted by atomic mass is 35.5. The third kappa shape index (κ3) is 4.96. The summed E-state index contributed by atoms with van der Waals surface area (Å²) in [6, 6.07) is 8.08. The van der Waals surface area contributed by atoms with Crippen molar-refractivity contribution < 1.29 is 9.53 Å². The average molecular weight is 394 g/mol. The molecule has 0 atom stereocenters. The highest BCUT2D eigenvalue weighted by Crippen LogP contribution is 2.32. The number of hydrogen-bond donors (Lipinski definition) is 2. The molecule has 1 aromatic heterocycles. The average Bonchev–Trinajstić information content (AvgIpc) is 3.29. The number of carbonyl (C=O) groups excluding carboxylic acids is 1. The van der Waals surface area contributed by atoms with Crippen molar-refractivity contribution in [2.75, 3.05) is 25.0 Å². The summed E-state index contributed by atoms with van der Waals surface area (Å²) in [5, 5.41) is 8.29. The number of rotatable bonds is 8. The van der Waals surface area contributed by atoms with Crippen LogP contribution in [-0.4, -0.2) is 36.7 Å². The van der Waals surface area contributed by atoms with Gasteiger partial charge in [-0.15, -0.1) is 11.3 Å². The van der Waals surface area contributed by atoms with Gasteiger partial charge in [-0.05, 0) is 31.9 Å². The van der Waals surface area contributed by atoms with E-state index in [1.54, 1.807) is 6.92 Å². The summed E-state index contributed by atoms with van der Waals surface area (Å²) in [5.41, 5.74) is 0.932. The van der Waals surface area contributed by atoms with E-state index >= 15 is 0 Å². The molecule has 0 spiro atoms. The van der Waals surface area contributed by atoms with E-state index in [0.717, 1.165) is 17.1 Å². The number of benzene rings is 1. The summed E-state index contributed by atoms with van der Waals surface area (Å²) in [4.78, 5) is 17.4. The third-order valence-electron chi connectivity index (χ3n) is 4.38. The number of nitrogens with zero attached hydrogens (tertiary/aromatic N) is 1. The first-order chi connectivity index (χ1) is 12.7. The zero-order valence-corrected chi connectivity index (χ0v) is 16.5. The number of nitrogens with one attached hydrogen (secondary N) is 2. The number of hydrogen-bond acceptors (Lipinski definition) is 6. The second-order valence-corrected chi connectivity index (χ2v) is 7.72. The maximum Gasteiger partial charge on any atom is 0.352 e. The van der Waals surface area contributed by atoms with Gasteiger partial charge in [0.15, 0.2) is 10.7 Å². The molecule has 1 aliphatic carbocycles. The lowest BCUT2D eigenvalue weighted by Gasteiger charge is -2.12. The lowest BCUT2D eigenvalue weighted by Crippen LogP contribution is -2.31. The van der Waals surface area contributed by atoms with Crippen molar-refractivity contribution in [2.45, 2.75) is 38.6 Å². The van der Waals surface area contributed by atoms with Crippen LogP contribution in [0, 0.1) is 0 Å². The minimum Gasteiger partial charge on any atom is -0.462 e. The Morgan fingerprint density at radius 2 is 2.00 bits per heavy atom. The van der Waals surface area contributed by atoms with Crippen LogP contribution >= 0.6 is 22.9 Å². The second-order valence-electron chi connectivity index (χ2n) is 6.29. The first kappa shape index (κ1) is 19.1. The molecular weight excluding hydrogens is 370 g/mol. The van der Waals surface area contributed by atoms with Crippen molar-refractivity contribution >= 4 is 34.7 Å². The first-order valence-electron chi connectivity index (χ1n) is 9.08. The smallest absolute Gasteiger partial charge is 0.352 e. The van der Waals surface area contributed by atoms with Gasteiger partial charge < -0.3 is 15.4 Å². The quantitative estimate of drug-likeness (QED) is 0.507. The first-order valence-corrected chi connectivity index (χ1v) is 10.3. The fourth-order valence-corrected chi connectivity index (χ4v) is 4.14. The maximum atomic E-state index is 12.3. The molecule has 5 nitrogen and oxygen atoms in total. The number of ether oxygens (including phenoxy) is 1. The van der Waals surface area contributed by atoms with Crippen molar-refractivity contribution in [2.24, 2.45) is 0 Å². The number of aromatic nitrogens is 1. The van der Waals surface area contributed by atoms with E-state index in [-0.39, 0.29) is 5.97 Å². The van der Waals surface area contributed by atoms with Gasteiger partial charge in [0, 0.05) is 29.7 Å².